The van der Waals surface area contributed by atoms with Crippen molar-refractivity contribution >= 4 is 12.0 Å². The molecule has 1 fully saturated rings. The van der Waals surface area contributed by atoms with Gasteiger partial charge in [0, 0.05) is 18.2 Å². The number of carbonyl (C=O) groups excluding carboxylic acids is 1. The lowest BCUT2D eigenvalue weighted by atomic mass is 10.1. The summed E-state index contributed by atoms with van der Waals surface area (Å²) < 4.78 is 37.8. The number of hydrogen-bond donors (Lipinski definition) is 3. The Kier molecular flexibility index (Phi) is 5.64. The fourth-order valence-corrected chi connectivity index (χ4v) is 2.93. The van der Waals surface area contributed by atoms with Gasteiger partial charge in [-0.1, -0.05) is 0 Å². The molecular formula is C17H16F3N5O4. The number of aliphatic hydroxyl groups is 1. The van der Waals surface area contributed by atoms with Gasteiger partial charge in [0.15, 0.2) is 0 Å². The molecule has 1 aliphatic rings. The first-order valence-corrected chi connectivity index (χ1v) is 8.45. The Morgan fingerprint density at radius 1 is 1.24 bits per heavy atom. The van der Waals surface area contributed by atoms with E-state index >= 15 is 0 Å². The summed E-state index contributed by atoms with van der Waals surface area (Å²) in [6, 6.07) is 2.53. The van der Waals surface area contributed by atoms with Crippen molar-refractivity contribution in [3.8, 4) is 11.3 Å². The number of alkyl halides is 3. The van der Waals surface area contributed by atoms with Crippen LogP contribution in [0.25, 0.3) is 11.3 Å². The molecule has 0 aromatic carbocycles. The third kappa shape index (κ3) is 4.77. The SMILES string of the molecule is O=C(NCc1cc(-c2ccc(C(F)(F)F)nc2)ncn1)[C@@H]1C[C@@H](O)CN1C(=O)O. The summed E-state index contributed by atoms with van der Waals surface area (Å²) in [5.74, 6) is -0.583. The lowest BCUT2D eigenvalue weighted by Crippen LogP contribution is -2.45. The smallest absolute Gasteiger partial charge is 0.433 e. The molecule has 0 saturated carbocycles. The molecule has 3 rings (SSSR count). The first kappa shape index (κ1) is 20.5. The van der Waals surface area contributed by atoms with E-state index < -0.39 is 36.0 Å². The number of nitrogens with zero attached hydrogens (tertiary/aromatic N) is 4. The van der Waals surface area contributed by atoms with Crippen LogP contribution >= 0.6 is 0 Å². The molecule has 0 spiro atoms. The van der Waals surface area contributed by atoms with Crippen LogP contribution in [0.5, 0.6) is 0 Å². The third-order valence-electron chi connectivity index (χ3n) is 4.34. The summed E-state index contributed by atoms with van der Waals surface area (Å²) in [6.07, 6.45) is -4.54. The van der Waals surface area contributed by atoms with E-state index in [0.29, 0.717) is 17.0 Å². The molecular weight excluding hydrogens is 395 g/mol. The van der Waals surface area contributed by atoms with Gasteiger partial charge in [-0.2, -0.15) is 13.2 Å². The summed E-state index contributed by atoms with van der Waals surface area (Å²) in [6.45, 7) is -0.200. The van der Waals surface area contributed by atoms with Crippen molar-refractivity contribution in [1.82, 2.24) is 25.2 Å². The van der Waals surface area contributed by atoms with Gasteiger partial charge in [0.2, 0.25) is 5.91 Å². The second-order valence-electron chi connectivity index (χ2n) is 6.38. The van der Waals surface area contributed by atoms with Gasteiger partial charge >= 0.3 is 12.3 Å². The molecule has 0 unspecified atom stereocenters. The maximum atomic E-state index is 12.6. The van der Waals surface area contributed by atoms with Gasteiger partial charge in [-0.15, -0.1) is 0 Å². The van der Waals surface area contributed by atoms with Crippen LogP contribution in [0.1, 0.15) is 17.8 Å². The van der Waals surface area contributed by atoms with Crippen LogP contribution in [0.2, 0.25) is 0 Å². The molecule has 2 aromatic heterocycles. The highest BCUT2D eigenvalue weighted by atomic mass is 19.4. The zero-order valence-electron chi connectivity index (χ0n) is 14.8. The van der Waals surface area contributed by atoms with Gasteiger partial charge in [0.25, 0.3) is 0 Å². The number of amides is 2. The van der Waals surface area contributed by atoms with Crippen LogP contribution in [0.3, 0.4) is 0 Å². The number of aromatic nitrogens is 3. The molecule has 12 heteroatoms. The zero-order chi connectivity index (χ0) is 21.2. The Labute approximate surface area is 162 Å². The molecule has 1 saturated heterocycles. The molecule has 3 heterocycles. The lowest BCUT2D eigenvalue weighted by Gasteiger charge is -2.20. The van der Waals surface area contributed by atoms with Crippen molar-refractivity contribution in [3.05, 3.63) is 42.1 Å². The van der Waals surface area contributed by atoms with Crippen LogP contribution in [-0.2, 0) is 17.5 Å². The van der Waals surface area contributed by atoms with Gasteiger partial charge in [-0.05, 0) is 18.2 Å². The van der Waals surface area contributed by atoms with E-state index in [9.17, 15) is 27.9 Å². The molecule has 0 radical (unpaired) electrons. The summed E-state index contributed by atoms with van der Waals surface area (Å²) in [4.78, 5) is 35.6. The average Bonchev–Trinajstić information content (AvgIpc) is 3.08. The van der Waals surface area contributed by atoms with Crippen molar-refractivity contribution in [2.45, 2.75) is 31.3 Å². The van der Waals surface area contributed by atoms with Gasteiger partial charge in [0.05, 0.1) is 30.6 Å². The van der Waals surface area contributed by atoms with Gasteiger partial charge in [0.1, 0.15) is 18.1 Å². The van der Waals surface area contributed by atoms with E-state index in [2.05, 4.69) is 20.3 Å². The normalized spacial score (nSPS) is 19.2. The molecule has 2 amide bonds. The molecule has 2 atom stereocenters. The second-order valence-corrected chi connectivity index (χ2v) is 6.38. The van der Waals surface area contributed by atoms with Crippen molar-refractivity contribution in [2.24, 2.45) is 0 Å². The summed E-state index contributed by atoms with van der Waals surface area (Å²) >= 11 is 0. The molecule has 0 bridgehead atoms. The molecule has 3 N–H and O–H groups in total. The number of hydrogen-bond acceptors (Lipinski definition) is 6. The second kappa shape index (κ2) is 7.99. The maximum absolute atomic E-state index is 12.6. The maximum Gasteiger partial charge on any atom is 0.433 e. The Morgan fingerprint density at radius 3 is 2.62 bits per heavy atom. The predicted molar refractivity (Wildman–Crippen MR) is 91.3 cm³/mol. The molecule has 2 aromatic rings. The van der Waals surface area contributed by atoms with Crippen molar-refractivity contribution < 1.29 is 33.0 Å². The Hall–Kier alpha value is -3.28. The van der Waals surface area contributed by atoms with Crippen LogP contribution in [0.4, 0.5) is 18.0 Å². The number of aliphatic hydroxyl groups excluding tert-OH is 1. The van der Waals surface area contributed by atoms with Gasteiger partial charge in [-0.3, -0.25) is 14.7 Å². The van der Waals surface area contributed by atoms with E-state index in [0.717, 1.165) is 17.2 Å². The summed E-state index contributed by atoms with van der Waals surface area (Å²) in [5, 5.41) is 21.3. The quantitative estimate of drug-likeness (QED) is 0.691. The standard InChI is InChI=1S/C17H16F3N5O4/c18-17(19,20)14-2-1-9(5-21-14)12-3-10(23-8-24-12)6-22-15(27)13-4-11(26)7-25(13)16(28)29/h1-3,5,8,11,13,26H,4,6-7H2,(H,22,27)(H,28,29)/t11-,13+/m1/s1. The largest absolute Gasteiger partial charge is 0.465 e. The van der Waals surface area contributed by atoms with E-state index in [-0.39, 0.29) is 19.5 Å². The Balaban J connectivity index is 1.67. The van der Waals surface area contributed by atoms with Crippen LogP contribution in [0.15, 0.2) is 30.7 Å². The Morgan fingerprint density at radius 2 is 2.00 bits per heavy atom. The van der Waals surface area contributed by atoms with Gasteiger partial charge < -0.3 is 15.5 Å². The van der Waals surface area contributed by atoms with Crippen molar-refractivity contribution in [1.29, 1.82) is 0 Å². The van der Waals surface area contributed by atoms with Crippen LogP contribution < -0.4 is 5.32 Å². The number of likely N-dealkylation sites (tertiary alicyclic amines) is 1. The molecule has 9 nitrogen and oxygen atoms in total. The number of carbonyl (C=O) groups is 2. The molecule has 0 aliphatic carbocycles. The third-order valence-corrected chi connectivity index (χ3v) is 4.34. The number of rotatable bonds is 4. The minimum Gasteiger partial charge on any atom is -0.465 e. The average molecular weight is 411 g/mol. The minimum absolute atomic E-state index is 0.00954. The summed E-state index contributed by atoms with van der Waals surface area (Å²) in [7, 11) is 0. The lowest BCUT2D eigenvalue weighted by molar-refractivity contribution is -0.141. The monoisotopic (exact) mass is 411 g/mol. The topological polar surface area (TPSA) is 129 Å². The van der Waals surface area contributed by atoms with Crippen molar-refractivity contribution in [2.75, 3.05) is 6.54 Å². The fourth-order valence-electron chi connectivity index (χ4n) is 2.93. The molecule has 29 heavy (non-hydrogen) atoms. The number of carboxylic acid groups (broad SMARTS) is 1. The van der Waals surface area contributed by atoms with E-state index in [4.69, 9.17) is 5.11 Å². The fraction of sp³-hybridized carbons (Fsp3) is 0.353. The minimum atomic E-state index is -4.54. The highest BCUT2D eigenvalue weighted by Gasteiger charge is 2.38. The number of β-amino-alcohol motifs (C(OH)–C–C–N with tert-alkyl or cyclic N) is 1. The number of nitrogens with one attached hydrogen (secondary N) is 1. The molecule has 1 aliphatic heterocycles. The van der Waals surface area contributed by atoms with Gasteiger partial charge in [-0.25, -0.2) is 14.8 Å². The van der Waals surface area contributed by atoms with Crippen LogP contribution in [-0.4, -0.2) is 60.8 Å². The van der Waals surface area contributed by atoms with Crippen molar-refractivity contribution in [3.63, 3.8) is 0 Å². The predicted octanol–water partition coefficient (Wildman–Crippen LogP) is 1.29. The number of pyridine rings is 1. The van der Waals surface area contributed by atoms with Crippen LogP contribution in [0, 0.1) is 0 Å². The van der Waals surface area contributed by atoms with E-state index in [1.165, 1.54) is 18.5 Å². The Bertz CT molecular complexity index is 907. The first-order valence-electron chi connectivity index (χ1n) is 8.45. The summed E-state index contributed by atoms with van der Waals surface area (Å²) in [5.41, 5.74) is -0.00827. The zero-order valence-corrected chi connectivity index (χ0v) is 14.8. The first-order chi connectivity index (χ1) is 13.6. The van der Waals surface area contributed by atoms with E-state index in [1.807, 2.05) is 0 Å². The number of halogens is 3. The highest BCUT2D eigenvalue weighted by molar-refractivity contribution is 5.86. The highest BCUT2D eigenvalue weighted by Crippen LogP contribution is 2.28. The molecule has 154 valence electrons. The van der Waals surface area contributed by atoms with E-state index in [1.54, 1.807) is 0 Å².